The molecule has 0 atom stereocenters. The van der Waals surface area contributed by atoms with Crippen LogP contribution in [0.15, 0.2) is 32.3 Å². The van der Waals surface area contributed by atoms with Crippen LogP contribution < -0.4 is 16.6 Å². The highest BCUT2D eigenvalue weighted by Crippen LogP contribution is 2.31. The summed E-state index contributed by atoms with van der Waals surface area (Å²) < 4.78 is 13.3. The molecule has 2 rings (SSSR count). The van der Waals surface area contributed by atoms with Crippen molar-refractivity contribution in [2.45, 2.75) is 0 Å². The highest BCUT2D eigenvalue weighted by atomic mass is 79.9. The minimum Gasteiger partial charge on any atom is -0.318 e. The number of nitrogens with one attached hydrogen (secondary N) is 3. The van der Waals surface area contributed by atoms with Crippen LogP contribution in [-0.4, -0.2) is 15.9 Å². The van der Waals surface area contributed by atoms with Crippen molar-refractivity contribution < 1.29 is 9.18 Å². The van der Waals surface area contributed by atoms with Gasteiger partial charge in [0.25, 0.3) is 11.5 Å². The number of hydrogen-bond acceptors (Lipinski definition) is 3. The zero-order chi connectivity index (χ0) is 14.9. The van der Waals surface area contributed by atoms with Crippen LogP contribution in [0.2, 0.25) is 5.02 Å². The average Bonchev–Trinajstić information content (AvgIpc) is 2.32. The van der Waals surface area contributed by atoms with E-state index < -0.39 is 23.0 Å². The number of anilines is 1. The van der Waals surface area contributed by atoms with Crippen LogP contribution in [0.1, 0.15) is 10.5 Å². The van der Waals surface area contributed by atoms with Crippen LogP contribution >= 0.6 is 27.5 Å². The molecule has 0 spiro atoms. The monoisotopic (exact) mass is 361 g/mol. The summed E-state index contributed by atoms with van der Waals surface area (Å²) in [5.41, 5.74) is -1.65. The van der Waals surface area contributed by atoms with Gasteiger partial charge in [-0.1, -0.05) is 11.6 Å². The van der Waals surface area contributed by atoms with Crippen LogP contribution in [0, 0.1) is 5.82 Å². The fraction of sp³-hybridized carbons (Fsp3) is 0. The molecule has 0 aliphatic carbocycles. The number of benzene rings is 1. The first-order chi connectivity index (χ1) is 9.36. The maximum Gasteiger partial charge on any atom is 0.326 e. The van der Waals surface area contributed by atoms with Crippen molar-refractivity contribution in [1.82, 2.24) is 9.97 Å². The normalized spacial score (nSPS) is 10.3. The number of hydrogen-bond donors (Lipinski definition) is 3. The Balaban J connectivity index is 2.37. The molecule has 0 saturated carbocycles. The molecule has 3 N–H and O–H groups in total. The third-order valence-electron chi connectivity index (χ3n) is 2.25. The lowest BCUT2D eigenvalue weighted by atomic mass is 10.3. The van der Waals surface area contributed by atoms with E-state index in [0.717, 1.165) is 18.2 Å². The van der Waals surface area contributed by atoms with E-state index in [0.29, 0.717) is 0 Å². The molecule has 0 fully saturated rings. The van der Waals surface area contributed by atoms with E-state index in [4.69, 9.17) is 11.6 Å². The van der Waals surface area contributed by atoms with E-state index in [1.807, 2.05) is 4.98 Å². The van der Waals surface area contributed by atoms with E-state index in [2.05, 4.69) is 26.2 Å². The van der Waals surface area contributed by atoms with E-state index in [1.54, 1.807) is 0 Å². The van der Waals surface area contributed by atoms with Crippen molar-refractivity contribution in [1.29, 1.82) is 0 Å². The first-order valence-electron chi connectivity index (χ1n) is 5.16. The predicted octanol–water partition coefficient (Wildman–Crippen LogP) is 1.87. The first-order valence-corrected chi connectivity index (χ1v) is 6.33. The molecule has 1 aromatic carbocycles. The largest absolute Gasteiger partial charge is 0.326 e. The number of halogens is 3. The number of carbonyl (C=O) groups excluding carboxylic acids is 1. The van der Waals surface area contributed by atoms with Gasteiger partial charge in [-0.25, -0.2) is 9.18 Å². The highest BCUT2D eigenvalue weighted by molar-refractivity contribution is 9.10. The molecule has 0 bridgehead atoms. The van der Waals surface area contributed by atoms with Crippen molar-refractivity contribution in [2.24, 2.45) is 0 Å². The second kappa shape index (κ2) is 5.59. The molecule has 0 aliphatic heterocycles. The van der Waals surface area contributed by atoms with Gasteiger partial charge in [0.1, 0.15) is 11.5 Å². The Kier molecular flexibility index (Phi) is 4.05. The van der Waals surface area contributed by atoms with Crippen LogP contribution in [0.4, 0.5) is 10.1 Å². The summed E-state index contributed by atoms with van der Waals surface area (Å²) in [7, 11) is 0. The maximum absolute atomic E-state index is 13.1. The molecule has 0 aliphatic rings. The van der Waals surface area contributed by atoms with Gasteiger partial charge in [-0.15, -0.1) is 0 Å². The Bertz CT molecular complexity index is 751. The summed E-state index contributed by atoms with van der Waals surface area (Å²) in [5, 5.41) is 2.34. The molecular weight excluding hydrogens is 356 g/mol. The topological polar surface area (TPSA) is 94.8 Å². The number of carbonyl (C=O) groups is 1. The summed E-state index contributed by atoms with van der Waals surface area (Å²) in [6.07, 6.45) is 0. The molecule has 0 radical (unpaired) electrons. The standard InChI is InChI=1S/C11H6BrClFN3O3/c12-5-1-4(14)2-6(13)9(5)17-10(19)7-3-8(18)16-11(20)15-7/h1-3H,(H,17,19)(H2,15,16,18,20). The van der Waals surface area contributed by atoms with Gasteiger partial charge in [-0.2, -0.15) is 0 Å². The van der Waals surface area contributed by atoms with E-state index >= 15 is 0 Å². The highest BCUT2D eigenvalue weighted by Gasteiger charge is 2.14. The van der Waals surface area contributed by atoms with E-state index in [1.165, 1.54) is 0 Å². The van der Waals surface area contributed by atoms with Crippen LogP contribution in [0.3, 0.4) is 0 Å². The first kappa shape index (κ1) is 14.5. The Morgan fingerprint density at radius 3 is 2.55 bits per heavy atom. The minimum atomic E-state index is -0.813. The van der Waals surface area contributed by atoms with Gasteiger partial charge in [-0.3, -0.25) is 14.6 Å². The Hall–Kier alpha value is -1.93. The third-order valence-corrected chi connectivity index (χ3v) is 3.17. The molecular formula is C11H6BrClFN3O3. The summed E-state index contributed by atoms with van der Waals surface area (Å²) in [5.74, 6) is -1.34. The third kappa shape index (κ3) is 3.14. The fourth-order valence-electron chi connectivity index (χ4n) is 1.43. The van der Waals surface area contributed by atoms with Gasteiger partial charge >= 0.3 is 5.69 Å². The van der Waals surface area contributed by atoms with E-state index in [9.17, 15) is 18.8 Å². The van der Waals surface area contributed by atoms with Gasteiger partial charge in [-0.05, 0) is 28.1 Å². The SMILES string of the molecule is O=C(Nc1c(Cl)cc(F)cc1Br)c1cc(=O)[nH]c(=O)[nH]1. The summed E-state index contributed by atoms with van der Waals surface area (Å²) >= 11 is 8.85. The van der Waals surface area contributed by atoms with Gasteiger partial charge in [0.2, 0.25) is 0 Å². The lowest BCUT2D eigenvalue weighted by Gasteiger charge is -2.09. The minimum absolute atomic E-state index is 0.0302. The van der Waals surface area contributed by atoms with Crippen LogP contribution in [-0.2, 0) is 0 Å². The maximum atomic E-state index is 13.1. The molecule has 1 amide bonds. The van der Waals surface area contributed by atoms with Crippen LogP contribution in [0.5, 0.6) is 0 Å². The number of amides is 1. The Morgan fingerprint density at radius 1 is 1.25 bits per heavy atom. The number of H-pyrrole nitrogens is 2. The summed E-state index contributed by atoms with van der Waals surface area (Å²) in [6.45, 7) is 0. The molecule has 2 aromatic rings. The fourth-order valence-corrected chi connectivity index (χ4v) is 2.33. The molecule has 6 nitrogen and oxygen atoms in total. The second-order valence-corrected chi connectivity index (χ2v) is 4.96. The van der Waals surface area contributed by atoms with Gasteiger partial charge < -0.3 is 10.3 Å². The number of aromatic amines is 2. The van der Waals surface area contributed by atoms with Crippen molar-refractivity contribution >= 4 is 39.1 Å². The molecule has 20 heavy (non-hydrogen) atoms. The van der Waals surface area contributed by atoms with Crippen molar-refractivity contribution in [3.63, 3.8) is 0 Å². The quantitative estimate of drug-likeness (QED) is 0.761. The average molecular weight is 363 g/mol. The lowest BCUT2D eigenvalue weighted by Crippen LogP contribution is -2.27. The molecule has 0 unspecified atom stereocenters. The molecule has 1 aromatic heterocycles. The number of rotatable bonds is 2. The van der Waals surface area contributed by atoms with Gasteiger partial charge in [0.15, 0.2) is 0 Å². The second-order valence-electron chi connectivity index (χ2n) is 3.70. The summed E-state index contributed by atoms with van der Waals surface area (Å²) in [6, 6.07) is 3.05. The zero-order valence-electron chi connectivity index (χ0n) is 9.59. The van der Waals surface area contributed by atoms with Gasteiger partial charge in [0.05, 0.1) is 10.7 Å². The molecule has 0 saturated heterocycles. The van der Waals surface area contributed by atoms with E-state index in [-0.39, 0.29) is 20.9 Å². The zero-order valence-corrected chi connectivity index (χ0v) is 11.9. The van der Waals surface area contributed by atoms with Crippen molar-refractivity contribution in [2.75, 3.05) is 5.32 Å². The smallest absolute Gasteiger partial charge is 0.318 e. The van der Waals surface area contributed by atoms with Crippen molar-refractivity contribution in [3.05, 3.63) is 60.0 Å². The lowest BCUT2D eigenvalue weighted by molar-refractivity contribution is 0.102. The number of aromatic nitrogens is 2. The molecule has 104 valence electrons. The summed E-state index contributed by atoms with van der Waals surface area (Å²) in [4.78, 5) is 38.2. The van der Waals surface area contributed by atoms with Crippen LogP contribution in [0.25, 0.3) is 0 Å². The predicted molar refractivity (Wildman–Crippen MR) is 74.7 cm³/mol. The Morgan fingerprint density at radius 2 is 1.95 bits per heavy atom. The Labute approximate surface area is 124 Å². The van der Waals surface area contributed by atoms with Gasteiger partial charge in [0, 0.05) is 10.5 Å². The van der Waals surface area contributed by atoms with Crippen molar-refractivity contribution in [3.8, 4) is 0 Å². The molecule has 1 heterocycles. The molecule has 9 heteroatoms.